The van der Waals surface area contributed by atoms with E-state index in [4.69, 9.17) is 11.6 Å². The Bertz CT molecular complexity index is 425. The zero-order chi connectivity index (χ0) is 14.8. The first-order valence-electron chi connectivity index (χ1n) is 7.53. The molecule has 112 valence electrons. The van der Waals surface area contributed by atoms with E-state index in [1.54, 1.807) is 0 Å². The van der Waals surface area contributed by atoms with Crippen LogP contribution >= 0.6 is 11.6 Å². The Morgan fingerprint density at radius 1 is 1.25 bits per heavy atom. The Balaban J connectivity index is 2.29. The van der Waals surface area contributed by atoms with Gasteiger partial charge < -0.3 is 10.0 Å². The SMILES string of the molecule is C[C@H](CO)C[C@@H](N(C)C)C1(c2ccc(Cl)cc2)CCC1. The zero-order valence-corrected chi connectivity index (χ0v) is 13.5. The smallest absolute Gasteiger partial charge is 0.0457 e. The number of aliphatic hydroxyl groups excluding tert-OH is 1. The number of halogens is 1. The van der Waals surface area contributed by atoms with Gasteiger partial charge in [0, 0.05) is 23.1 Å². The van der Waals surface area contributed by atoms with Crippen LogP contribution < -0.4 is 0 Å². The fourth-order valence-corrected chi connectivity index (χ4v) is 3.67. The molecule has 1 N–H and O–H groups in total. The summed E-state index contributed by atoms with van der Waals surface area (Å²) in [6.07, 6.45) is 4.79. The molecule has 0 aliphatic heterocycles. The lowest BCUT2D eigenvalue weighted by Gasteiger charge is -2.51. The van der Waals surface area contributed by atoms with E-state index in [0.717, 1.165) is 11.4 Å². The van der Waals surface area contributed by atoms with Crippen molar-refractivity contribution in [3.63, 3.8) is 0 Å². The minimum atomic E-state index is 0.234. The molecule has 1 fully saturated rings. The van der Waals surface area contributed by atoms with Crippen molar-refractivity contribution in [3.8, 4) is 0 Å². The van der Waals surface area contributed by atoms with Crippen molar-refractivity contribution >= 4 is 11.6 Å². The Morgan fingerprint density at radius 2 is 1.85 bits per heavy atom. The Morgan fingerprint density at radius 3 is 2.25 bits per heavy atom. The van der Waals surface area contributed by atoms with Crippen LogP contribution in [0.1, 0.15) is 38.2 Å². The molecule has 1 aromatic rings. The van der Waals surface area contributed by atoms with Crippen LogP contribution in [-0.4, -0.2) is 36.8 Å². The normalized spacial score (nSPS) is 20.5. The number of aliphatic hydroxyl groups is 1. The van der Waals surface area contributed by atoms with Gasteiger partial charge in [0.05, 0.1) is 0 Å². The van der Waals surface area contributed by atoms with E-state index in [2.05, 4.69) is 38.1 Å². The van der Waals surface area contributed by atoms with E-state index < -0.39 is 0 Å². The number of hydrogen-bond donors (Lipinski definition) is 1. The molecule has 0 saturated heterocycles. The highest BCUT2D eigenvalue weighted by molar-refractivity contribution is 6.30. The highest BCUT2D eigenvalue weighted by Gasteiger charge is 2.46. The van der Waals surface area contributed by atoms with Crippen molar-refractivity contribution in [2.24, 2.45) is 5.92 Å². The van der Waals surface area contributed by atoms with Crippen LogP contribution in [0.4, 0.5) is 0 Å². The quantitative estimate of drug-likeness (QED) is 0.865. The van der Waals surface area contributed by atoms with Gasteiger partial charge in [-0.2, -0.15) is 0 Å². The standard InChI is InChI=1S/C17H26ClNO/c1-13(12-20)11-16(19(2)3)17(9-4-10-17)14-5-7-15(18)8-6-14/h5-8,13,16,20H,4,9-12H2,1-3H3/t13-,16+/m0/s1. The maximum absolute atomic E-state index is 9.39. The van der Waals surface area contributed by atoms with Crippen molar-refractivity contribution < 1.29 is 5.11 Å². The second-order valence-corrected chi connectivity index (χ2v) is 6.96. The van der Waals surface area contributed by atoms with Gasteiger partial charge in [-0.25, -0.2) is 0 Å². The van der Waals surface area contributed by atoms with Crippen molar-refractivity contribution in [3.05, 3.63) is 34.9 Å². The monoisotopic (exact) mass is 295 g/mol. The first-order valence-corrected chi connectivity index (χ1v) is 7.91. The van der Waals surface area contributed by atoms with Crippen LogP contribution in [0.25, 0.3) is 0 Å². The summed E-state index contributed by atoms with van der Waals surface area (Å²) in [5.41, 5.74) is 1.63. The summed E-state index contributed by atoms with van der Waals surface area (Å²) < 4.78 is 0. The first kappa shape index (κ1) is 15.8. The van der Waals surface area contributed by atoms with Crippen LogP contribution in [0.15, 0.2) is 24.3 Å². The minimum absolute atomic E-state index is 0.234. The molecular formula is C17H26ClNO. The van der Waals surface area contributed by atoms with Gasteiger partial charge in [-0.05, 0) is 57.0 Å². The Labute approximate surface area is 127 Å². The molecule has 0 spiro atoms. The second kappa shape index (κ2) is 6.46. The molecule has 2 atom stereocenters. The average Bonchev–Trinajstić information content (AvgIpc) is 2.37. The molecule has 1 aliphatic carbocycles. The van der Waals surface area contributed by atoms with Crippen molar-refractivity contribution in [2.75, 3.05) is 20.7 Å². The summed E-state index contributed by atoms with van der Waals surface area (Å²) in [4.78, 5) is 2.33. The van der Waals surface area contributed by atoms with Gasteiger partial charge in [0.15, 0.2) is 0 Å². The minimum Gasteiger partial charge on any atom is -0.396 e. The van der Waals surface area contributed by atoms with E-state index in [1.807, 2.05) is 12.1 Å². The molecule has 2 nitrogen and oxygen atoms in total. The Kier molecular flexibility index (Phi) is 5.11. The highest BCUT2D eigenvalue weighted by atomic mass is 35.5. The molecule has 0 radical (unpaired) electrons. The lowest BCUT2D eigenvalue weighted by Crippen LogP contribution is -2.53. The lowest BCUT2D eigenvalue weighted by molar-refractivity contribution is 0.0695. The molecule has 2 rings (SSSR count). The first-order chi connectivity index (χ1) is 9.49. The van der Waals surface area contributed by atoms with E-state index in [0.29, 0.717) is 12.0 Å². The molecule has 1 saturated carbocycles. The largest absolute Gasteiger partial charge is 0.396 e. The van der Waals surface area contributed by atoms with Crippen molar-refractivity contribution in [1.29, 1.82) is 0 Å². The van der Waals surface area contributed by atoms with Gasteiger partial charge in [-0.15, -0.1) is 0 Å². The summed E-state index contributed by atoms with van der Waals surface area (Å²) in [5, 5.41) is 10.2. The highest BCUT2D eigenvalue weighted by Crippen LogP contribution is 2.49. The topological polar surface area (TPSA) is 23.5 Å². The summed E-state index contributed by atoms with van der Waals surface area (Å²) in [6, 6.07) is 8.83. The third-order valence-corrected chi connectivity index (χ3v) is 5.12. The van der Waals surface area contributed by atoms with Crippen LogP contribution in [0, 0.1) is 5.92 Å². The number of nitrogens with zero attached hydrogens (tertiary/aromatic N) is 1. The maximum atomic E-state index is 9.39. The van der Waals surface area contributed by atoms with Crippen LogP contribution in [0.5, 0.6) is 0 Å². The third-order valence-electron chi connectivity index (χ3n) is 4.86. The summed E-state index contributed by atoms with van der Waals surface area (Å²) in [5.74, 6) is 0.340. The van der Waals surface area contributed by atoms with E-state index >= 15 is 0 Å². The molecule has 0 unspecified atom stereocenters. The molecule has 20 heavy (non-hydrogen) atoms. The number of hydrogen-bond acceptors (Lipinski definition) is 2. The van der Waals surface area contributed by atoms with Gasteiger partial charge >= 0.3 is 0 Å². The maximum Gasteiger partial charge on any atom is 0.0457 e. The van der Waals surface area contributed by atoms with Gasteiger partial charge in [0.2, 0.25) is 0 Å². The average molecular weight is 296 g/mol. The van der Waals surface area contributed by atoms with Crippen molar-refractivity contribution in [1.82, 2.24) is 4.90 Å². The van der Waals surface area contributed by atoms with Crippen LogP contribution in [-0.2, 0) is 5.41 Å². The van der Waals surface area contributed by atoms with Crippen LogP contribution in [0.2, 0.25) is 5.02 Å². The predicted molar refractivity (Wildman–Crippen MR) is 85.3 cm³/mol. The zero-order valence-electron chi connectivity index (χ0n) is 12.8. The fourth-order valence-electron chi connectivity index (χ4n) is 3.54. The predicted octanol–water partition coefficient (Wildman–Crippen LogP) is 3.71. The van der Waals surface area contributed by atoms with Gasteiger partial charge in [-0.1, -0.05) is 37.1 Å². The second-order valence-electron chi connectivity index (χ2n) is 6.52. The lowest BCUT2D eigenvalue weighted by atomic mass is 9.58. The fraction of sp³-hybridized carbons (Fsp3) is 0.647. The molecule has 0 heterocycles. The van der Waals surface area contributed by atoms with Gasteiger partial charge in [0.1, 0.15) is 0 Å². The molecule has 0 amide bonds. The van der Waals surface area contributed by atoms with Gasteiger partial charge in [-0.3, -0.25) is 0 Å². The molecule has 0 aromatic heterocycles. The van der Waals surface area contributed by atoms with E-state index in [-0.39, 0.29) is 12.0 Å². The molecule has 0 bridgehead atoms. The number of rotatable bonds is 6. The van der Waals surface area contributed by atoms with Gasteiger partial charge in [0.25, 0.3) is 0 Å². The molecule has 1 aliphatic rings. The summed E-state index contributed by atoms with van der Waals surface area (Å²) >= 11 is 6.03. The molecule has 1 aromatic carbocycles. The Hall–Kier alpha value is -0.570. The number of likely N-dealkylation sites (N-methyl/N-ethyl adjacent to an activating group) is 1. The van der Waals surface area contributed by atoms with Crippen molar-refractivity contribution in [2.45, 2.75) is 44.1 Å². The summed E-state index contributed by atoms with van der Waals surface area (Å²) in [6.45, 7) is 2.39. The molecular weight excluding hydrogens is 270 g/mol. The van der Waals surface area contributed by atoms with E-state index in [1.165, 1.54) is 24.8 Å². The van der Waals surface area contributed by atoms with Crippen LogP contribution in [0.3, 0.4) is 0 Å². The third kappa shape index (κ3) is 3.03. The number of benzene rings is 1. The molecule has 3 heteroatoms. The summed E-state index contributed by atoms with van der Waals surface area (Å²) in [7, 11) is 4.31. The van der Waals surface area contributed by atoms with E-state index in [9.17, 15) is 5.11 Å².